The van der Waals surface area contributed by atoms with Gasteiger partial charge in [-0.3, -0.25) is 4.79 Å². The zero-order valence-corrected chi connectivity index (χ0v) is 11.6. The molecule has 1 amide bonds. The van der Waals surface area contributed by atoms with Gasteiger partial charge in [-0.1, -0.05) is 0 Å². The first-order chi connectivity index (χ1) is 8.62. The Labute approximate surface area is 110 Å². The summed E-state index contributed by atoms with van der Waals surface area (Å²) in [6, 6.07) is 0.492. The third-order valence-corrected chi connectivity index (χ3v) is 5.09. The van der Waals surface area contributed by atoms with Crippen LogP contribution in [-0.2, 0) is 4.79 Å². The van der Waals surface area contributed by atoms with E-state index in [4.69, 9.17) is 0 Å². The molecular weight excluding hydrogens is 228 g/mol. The predicted molar refractivity (Wildman–Crippen MR) is 71.2 cm³/mol. The molecule has 0 saturated heterocycles. The van der Waals surface area contributed by atoms with Crippen LogP contribution in [-0.4, -0.2) is 48.2 Å². The van der Waals surface area contributed by atoms with E-state index in [1.165, 1.54) is 19.3 Å². The number of hydrogen-bond acceptors (Lipinski definition) is 3. The van der Waals surface area contributed by atoms with E-state index >= 15 is 0 Å². The molecule has 2 aliphatic carbocycles. The van der Waals surface area contributed by atoms with Crippen LogP contribution in [0.15, 0.2) is 0 Å². The van der Waals surface area contributed by atoms with Crippen molar-refractivity contribution >= 4 is 5.91 Å². The molecule has 104 valence electrons. The molecule has 0 aliphatic heterocycles. The second kappa shape index (κ2) is 5.57. The quantitative estimate of drug-likeness (QED) is 0.791. The highest BCUT2D eigenvalue weighted by atomic mass is 16.3. The summed E-state index contributed by atoms with van der Waals surface area (Å²) in [6.07, 6.45) is 7.21. The summed E-state index contributed by atoms with van der Waals surface area (Å²) in [4.78, 5) is 14.3. The van der Waals surface area contributed by atoms with Gasteiger partial charge in [-0.15, -0.1) is 0 Å². The Morgan fingerprint density at radius 1 is 1.33 bits per heavy atom. The zero-order chi connectivity index (χ0) is 13.2. The van der Waals surface area contributed by atoms with Gasteiger partial charge < -0.3 is 15.3 Å². The normalized spacial score (nSPS) is 32.9. The third-order valence-electron chi connectivity index (χ3n) is 5.09. The minimum Gasteiger partial charge on any atom is -0.394 e. The Hall–Kier alpha value is -0.610. The SMILES string of the molecule is CNC1(CO)CCC(C(=O)N(C)C2CCC2)CC1. The van der Waals surface area contributed by atoms with Crippen LogP contribution in [0.4, 0.5) is 0 Å². The van der Waals surface area contributed by atoms with Crippen molar-refractivity contribution in [3.05, 3.63) is 0 Å². The van der Waals surface area contributed by atoms with Crippen LogP contribution in [0.25, 0.3) is 0 Å². The first-order valence-electron chi connectivity index (χ1n) is 7.18. The van der Waals surface area contributed by atoms with Crippen LogP contribution in [0.3, 0.4) is 0 Å². The van der Waals surface area contributed by atoms with Crippen molar-refractivity contribution in [2.45, 2.75) is 56.5 Å². The van der Waals surface area contributed by atoms with Gasteiger partial charge in [0.1, 0.15) is 0 Å². The molecule has 2 saturated carbocycles. The molecule has 0 aromatic rings. The van der Waals surface area contributed by atoms with E-state index in [2.05, 4.69) is 5.32 Å². The van der Waals surface area contributed by atoms with Gasteiger partial charge in [-0.2, -0.15) is 0 Å². The van der Waals surface area contributed by atoms with Gasteiger partial charge in [0.05, 0.1) is 6.61 Å². The monoisotopic (exact) mass is 254 g/mol. The molecule has 18 heavy (non-hydrogen) atoms. The van der Waals surface area contributed by atoms with Crippen molar-refractivity contribution in [2.24, 2.45) is 5.92 Å². The van der Waals surface area contributed by atoms with Gasteiger partial charge in [-0.25, -0.2) is 0 Å². The van der Waals surface area contributed by atoms with Crippen molar-refractivity contribution in [1.29, 1.82) is 0 Å². The number of aliphatic hydroxyl groups is 1. The third kappa shape index (κ3) is 2.54. The molecule has 0 spiro atoms. The number of amides is 1. The van der Waals surface area contributed by atoms with Crippen molar-refractivity contribution in [1.82, 2.24) is 10.2 Å². The van der Waals surface area contributed by atoms with E-state index in [-0.39, 0.29) is 18.1 Å². The fourth-order valence-corrected chi connectivity index (χ4v) is 3.15. The molecule has 2 fully saturated rings. The van der Waals surface area contributed by atoms with Gasteiger partial charge in [0, 0.05) is 24.5 Å². The number of hydrogen-bond donors (Lipinski definition) is 2. The molecule has 0 aromatic carbocycles. The topological polar surface area (TPSA) is 52.6 Å². The first kappa shape index (κ1) is 13.8. The molecule has 0 unspecified atom stereocenters. The lowest BCUT2D eigenvalue weighted by molar-refractivity contribution is -0.139. The second-order valence-corrected chi connectivity index (χ2v) is 6.00. The number of aliphatic hydroxyl groups excluding tert-OH is 1. The molecule has 0 radical (unpaired) electrons. The van der Waals surface area contributed by atoms with E-state index in [0.29, 0.717) is 11.9 Å². The van der Waals surface area contributed by atoms with E-state index < -0.39 is 0 Å². The lowest BCUT2D eigenvalue weighted by Crippen LogP contribution is -2.51. The van der Waals surface area contributed by atoms with E-state index in [9.17, 15) is 9.90 Å². The molecule has 0 aromatic heterocycles. The number of likely N-dealkylation sites (N-methyl/N-ethyl adjacent to an activating group) is 1. The number of carbonyl (C=O) groups is 1. The number of rotatable bonds is 4. The lowest BCUT2D eigenvalue weighted by Gasteiger charge is -2.41. The summed E-state index contributed by atoms with van der Waals surface area (Å²) in [5.41, 5.74) is -0.147. The molecule has 0 heterocycles. The molecule has 0 atom stereocenters. The Morgan fingerprint density at radius 3 is 2.33 bits per heavy atom. The Bertz CT molecular complexity index is 288. The Balaban J connectivity index is 1.87. The van der Waals surface area contributed by atoms with E-state index in [1.54, 1.807) is 0 Å². The van der Waals surface area contributed by atoms with Gasteiger partial charge in [0.2, 0.25) is 5.91 Å². The van der Waals surface area contributed by atoms with Crippen molar-refractivity contribution in [3.8, 4) is 0 Å². The van der Waals surface area contributed by atoms with Crippen LogP contribution in [0, 0.1) is 5.92 Å². The predicted octanol–water partition coefficient (Wildman–Crippen LogP) is 1.14. The molecule has 4 heteroatoms. The molecule has 2 N–H and O–H groups in total. The Morgan fingerprint density at radius 2 is 1.94 bits per heavy atom. The number of nitrogens with one attached hydrogen (secondary N) is 1. The van der Waals surface area contributed by atoms with Gasteiger partial charge in [-0.05, 0) is 52.0 Å². The fraction of sp³-hybridized carbons (Fsp3) is 0.929. The van der Waals surface area contributed by atoms with Crippen molar-refractivity contribution < 1.29 is 9.90 Å². The fourth-order valence-electron chi connectivity index (χ4n) is 3.15. The number of nitrogens with zero attached hydrogens (tertiary/aromatic N) is 1. The molecule has 2 rings (SSSR count). The average molecular weight is 254 g/mol. The van der Waals surface area contributed by atoms with Gasteiger partial charge in [0.25, 0.3) is 0 Å². The Kier molecular flexibility index (Phi) is 4.28. The van der Waals surface area contributed by atoms with Crippen LogP contribution in [0.5, 0.6) is 0 Å². The summed E-state index contributed by atoms with van der Waals surface area (Å²) in [7, 11) is 3.86. The largest absolute Gasteiger partial charge is 0.394 e. The van der Waals surface area contributed by atoms with Crippen LogP contribution in [0.1, 0.15) is 44.9 Å². The standard InChI is InChI=1S/C14H26N2O2/c1-15-14(10-17)8-6-11(7-9-14)13(18)16(2)12-4-3-5-12/h11-12,15,17H,3-10H2,1-2H3. The summed E-state index contributed by atoms with van der Waals surface area (Å²) < 4.78 is 0. The van der Waals surface area contributed by atoms with Gasteiger partial charge in [0.15, 0.2) is 0 Å². The van der Waals surface area contributed by atoms with Crippen LogP contribution in [0.2, 0.25) is 0 Å². The molecule has 0 bridgehead atoms. The maximum absolute atomic E-state index is 12.4. The highest BCUT2D eigenvalue weighted by Crippen LogP contribution is 2.34. The summed E-state index contributed by atoms with van der Waals surface area (Å²) in [5, 5.41) is 12.7. The van der Waals surface area contributed by atoms with Crippen LogP contribution >= 0.6 is 0 Å². The molecule has 4 nitrogen and oxygen atoms in total. The minimum atomic E-state index is -0.147. The lowest BCUT2D eigenvalue weighted by atomic mass is 9.76. The smallest absolute Gasteiger partial charge is 0.225 e. The number of carbonyl (C=O) groups excluding carboxylic acids is 1. The molecular formula is C14H26N2O2. The zero-order valence-electron chi connectivity index (χ0n) is 11.6. The highest BCUT2D eigenvalue weighted by molar-refractivity contribution is 5.79. The van der Waals surface area contributed by atoms with Crippen molar-refractivity contribution in [2.75, 3.05) is 20.7 Å². The van der Waals surface area contributed by atoms with E-state index in [1.807, 2.05) is 19.0 Å². The maximum atomic E-state index is 12.4. The summed E-state index contributed by atoms with van der Waals surface area (Å²) >= 11 is 0. The average Bonchev–Trinajstić information content (AvgIpc) is 2.36. The van der Waals surface area contributed by atoms with E-state index in [0.717, 1.165) is 25.7 Å². The van der Waals surface area contributed by atoms with Crippen molar-refractivity contribution in [3.63, 3.8) is 0 Å². The minimum absolute atomic E-state index is 0.147. The highest BCUT2D eigenvalue weighted by Gasteiger charge is 2.38. The first-order valence-corrected chi connectivity index (χ1v) is 7.18. The van der Waals surface area contributed by atoms with Gasteiger partial charge >= 0.3 is 0 Å². The maximum Gasteiger partial charge on any atom is 0.225 e. The van der Waals surface area contributed by atoms with Crippen LogP contribution < -0.4 is 5.32 Å². The molecule has 2 aliphatic rings. The second-order valence-electron chi connectivity index (χ2n) is 6.00. The summed E-state index contributed by atoms with van der Waals surface area (Å²) in [5.74, 6) is 0.492. The summed E-state index contributed by atoms with van der Waals surface area (Å²) in [6.45, 7) is 0.170.